The van der Waals surface area contributed by atoms with Crippen molar-refractivity contribution in [2.75, 3.05) is 37.2 Å². The van der Waals surface area contributed by atoms with Gasteiger partial charge in [-0.1, -0.05) is 0 Å². The summed E-state index contributed by atoms with van der Waals surface area (Å²) in [6.45, 7) is 2.79. The first kappa shape index (κ1) is 24.0. The SMILES string of the molecule is CNc1cc(C(=CN)/C=C(\C=O)NN([O-])c2ccc(OCCC3CCNCC3)cc2)ncn1. The minimum absolute atomic E-state index is 0.0219. The van der Waals surface area contributed by atoms with Crippen LogP contribution in [0.15, 0.2) is 54.6 Å². The van der Waals surface area contributed by atoms with Crippen molar-refractivity contribution < 1.29 is 9.53 Å². The van der Waals surface area contributed by atoms with Crippen molar-refractivity contribution in [3.8, 4) is 5.75 Å². The quantitative estimate of drug-likeness (QED) is 0.173. The molecular formula is C23H30N7O3-. The van der Waals surface area contributed by atoms with Crippen molar-refractivity contribution in [2.45, 2.75) is 19.3 Å². The third kappa shape index (κ3) is 7.19. The Hall–Kier alpha value is -3.63. The number of piperidine rings is 1. The number of ether oxygens (including phenoxy) is 1. The van der Waals surface area contributed by atoms with Crippen LogP contribution in [0.25, 0.3) is 5.57 Å². The van der Waals surface area contributed by atoms with Gasteiger partial charge in [-0.2, -0.15) is 0 Å². The van der Waals surface area contributed by atoms with Gasteiger partial charge in [-0.15, -0.1) is 0 Å². The van der Waals surface area contributed by atoms with Crippen molar-refractivity contribution in [3.63, 3.8) is 0 Å². The molecule has 1 fully saturated rings. The maximum absolute atomic E-state index is 12.5. The lowest BCUT2D eigenvalue weighted by atomic mass is 9.95. The van der Waals surface area contributed by atoms with Gasteiger partial charge in [0.15, 0.2) is 6.29 Å². The fraction of sp³-hybridized carbons (Fsp3) is 0.348. The number of nitrogens with zero attached hydrogens (tertiary/aromatic N) is 3. The van der Waals surface area contributed by atoms with E-state index >= 15 is 0 Å². The number of benzene rings is 1. The summed E-state index contributed by atoms with van der Waals surface area (Å²) in [5.41, 5.74) is 9.53. The number of nitrogens with two attached hydrogens (primary N) is 1. The zero-order valence-corrected chi connectivity index (χ0v) is 18.7. The maximum atomic E-state index is 12.5. The summed E-state index contributed by atoms with van der Waals surface area (Å²) < 4.78 is 5.81. The highest BCUT2D eigenvalue weighted by molar-refractivity contribution is 5.82. The van der Waals surface area contributed by atoms with Crippen molar-refractivity contribution >= 4 is 23.4 Å². The van der Waals surface area contributed by atoms with E-state index < -0.39 is 0 Å². The normalized spacial score (nSPS) is 15.1. The summed E-state index contributed by atoms with van der Waals surface area (Å²) >= 11 is 0. The number of hydrogen-bond acceptors (Lipinski definition) is 10. The topological polar surface area (TPSA) is 140 Å². The zero-order chi connectivity index (χ0) is 23.5. The van der Waals surface area contributed by atoms with E-state index in [1.807, 2.05) is 0 Å². The van der Waals surface area contributed by atoms with E-state index in [0.717, 1.165) is 19.5 Å². The van der Waals surface area contributed by atoms with E-state index in [0.29, 0.717) is 52.5 Å². The van der Waals surface area contributed by atoms with Crippen LogP contribution in [0.4, 0.5) is 11.5 Å². The predicted molar refractivity (Wildman–Crippen MR) is 129 cm³/mol. The lowest BCUT2D eigenvalue weighted by molar-refractivity contribution is -0.105. The first-order valence-electron chi connectivity index (χ1n) is 10.9. The van der Waals surface area contributed by atoms with Gasteiger partial charge in [0.05, 0.1) is 18.0 Å². The zero-order valence-electron chi connectivity index (χ0n) is 18.7. The molecule has 1 aromatic carbocycles. The van der Waals surface area contributed by atoms with Crippen molar-refractivity contribution in [1.82, 2.24) is 20.7 Å². The second kappa shape index (κ2) is 12.4. The smallest absolute Gasteiger partial charge is 0.167 e. The first-order chi connectivity index (χ1) is 16.1. The lowest BCUT2D eigenvalue weighted by Crippen LogP contribution is -2.32. The van der Waals surface area contributed by atoms with E-state index in [9.17, 15) is 10.0 Å². The molecule has 0 amide bonds. The summed E-state index contributed by atoms with van der Waals surface area (Å²) in [6.07, 6.45) is 8.04. The molecule has 2 aromatic rings. The van der Waals surface area contributed by atoms with Crippen LogP contribution < -0.4 is 31.7 Å². The molecule has 0 saturated carbocycles. The number of anilines is 2. The molecule has 0 atom stereocenters. The first-order valence-corrected chi connectivity index (χ1v) is 10.9. The van der Waals surface area contributed by atoms with Gasteiger partial charge in [0.25, 0.3) is 0 Å². The Morgan fingerprint density at radius 1 is 1.30 bits per heavy atom. The molecule has 10 heteroatoms. The second-order valence-corrected chi connectivity index (χ2v) is 7.61. The van der Waals surface area contributed by atoms with Crippen LogP contribution in [-0.2, 0) is 4.79 Å². The average molecular weight is 453 g/mol. The molecule has 3 rings (SSSR count). The standard InChI is InChI=1S/C23H30N7O3/c1-25-23-13-22(27-16-28-23)18(14-24)12-19(15-31)29-30(32)20-2-4-21(5-3-20)33-11-8-17-6-9-26-10-7-17/h2-5,12-17,26,29H,6-11,24H2,1H3,(H,25,27,28)/q-1/b18-14?,19-12+. The van der Waals surface area contributed by atoms with Gasteiger partial charge in [-0.05, 0) is 68.6 Å². The summed E-state index contributed by atoms with van der Waals surface area (Å²) in [5, 5.41) is 19.3. The van der Waals surface area contributed by atoms with E-state index in [2.05, 4.69) is 26.0 Å². The largest absolute Gasteiger partial charge is 0.739 e. The van der Waals surface area contributed by atoms with Crippen LogP contribution in [-0.4, -0.2) is 43.0 Å². The summed E-state index contributed by atoms with van der Waals surface area (Å²) in [4.78, 5) is 19.7. The van der Waals surface area contributed by atoms with Crippen LogP contribution in [0.3, 0.4) is 0 Å². The third-order valence-corrected chi connectivity index (χ3v) is 5.39. The molecule has 1 aliphatic heterocycles. The Balaban J connectivity index is 1.57. The second-order valence-electron chi connectivity index (χ2n) is 7.61. The Kier molecular flexibility index (Phi) is 9.04. The van der Waals surface area contributed by atoms with Crippen LogP contribution in [0.5, 0.6) is 5.75 Å². The Morgan fingerprint density at radius 2 is 2.06 bits per heavy atom. The number of aromatic nitrogens is 2. The number of allylic oxidation sites excluding steroid dienone is 3. The summed E-state index contributed by atoms with van der Waals surface area (Å²) in [7, 11) is 1.73. The highest BCUT2D eigenvalue weighted by Gasteiger charge is 2.12. The number of carbonyl (C=O) groups is 1. The summed E-state index contributed by atoms with van der Waals surface area (Å²) in [6, 6.07) is 8.41. The van der Waals surface area contributed by atoms with Gasteiger partial charge in [-0.3, -0.25) is 4.79 Å². The molecule has 0 radical (unpaired) electrons. The Labute approximate surface area is 193 Å². The molecule has 0 spiro atoms. The molecular weight excluding hydrogens is 422 g/mol. The van der Waals surface area contributed by atoms with Crippen LogP contribution in [0.2, 0.25) is 0 Å². The average Bonchev–Trinajstić information content (AvgIpc) is 2.87. The monoisotopic (exact) mass is 452 g/mol. The molecule has 0 aliphatic carbocycles. The van der Waals surface area contributed by atoms with Gasteiger partial charge in [0, 0.05) is 30.6 Å². The number of hydrazine groups is 1. The molecule has 1 aliphatic rings. The van der Waals surface area contributed by atoms with Gasteiger partial charge < -0.3 is 36.9 Å². The van der Waals surface area contributed by atoms with Crippen molar-refractivity contribution in [1.29, 1.82) is 0 Å². The third-order valence-electron chi connectivity index (χ3n) is 5.39. The minimum Gasteiger partial charge on any atom is -0.739 e. The maximum Gasteiger partial charge on any atom is 0.167 e. The number of hydrogen-bond donors (Lipinski definition) is 4. The highest BCUT2D eigenvalue weighted by atomic mass is 16.5. The van der Waals surface area contributed by atoms with Crippen molar-refractivity contribution in [2.24, 2.45) is 11.7 Å². The number of nitrogens with one attached hydrogen (secondary N) is 3. The molecule has 0 bridgehead atoms. The predicted octanol–water partition coefficient (Wildman–Crippen LogP) is 2.18. The van der Waals surface area contributed by atoms with E-state index in [1.54, 1.807) is 37.4 Å². The van der Waals surface area contributed by atoms with Crippen molar-refractivity contribution in [3.05, 3.63) is 65.5 Å². The number of carbonyl (C=O) groups excluding carboxylic acids is 1. The molecule has 0 unspecified atom stereocenters. The van der Waals surface area contributed by atoms with E-state index in [4.69, 9.17) is 10.5 Å². The molecule has 1 aromatic heterocycles. The van der Waals surface area contributed by atoms with Gasteiger partial charge in [-0.25, -0.2) is 9.97 Å². The lowest BCUT2D eigenvalue weighted by Gasteiger charge is -2.31. The van der Waals surface area contributed by atoms with Gasteiger partial charge in [0.1, 0.15) is 17.9 Å². The summed E-state index contributed by atoms with van der Waals surface area (Å²) in [5.74, 6) is 1.99. The van der Waals surface area contributed by atoms with Crippen LogP contribution in [0.1, 0.15) is 25.0 Å². The van der Waals surface area contributed by atoms with Gasteiger partial charge in [0.2, 0.25) is 0 Å². The Bertz CT molecular complexity index is 957. The highest BCUT2D eigenvalue weighted by Crippen LogP contribution is 2.21. The van der Waals surface area contributed by atoms with E-state index in [-0.39, 0.29) is 5.70 Å². The van der Waals surface area contributed by atoms with Crippen LogP contribution in [0, 0.1) is 11.1 Å². The molecule has 5 N–H and O–H groups in total. The molecule has 176 valence electrons. The fourth-order valence-corrected chi connectivity index (χ4v) is 3.49. The van der Waals surface area contributed by atoms with Crippen LogP contribution >= 0.6 is 0 Å². The molecule has 33 heavy (non-hydrogen) atoms. The minimum atomic E-state index is 0.0219. The molecule has 1 saturated heterocycles. The molecule has 2 heterocycles. The number of rotatable bonds is 11. The fourth-order valence-electron chi connectivity index (χ4n) is 3.49. The Morgan fingerprint density at radius 3 is 2.73 bits per heavy atom. The number of aldehydes is 1. The van der Waals surface area contributed by atoms with Gasteiger partial charge >= 0.3 is 0 Å². The van der Waals surface area contributed by atoms with E-state index in [1.165, 1.54) is 31.4 Å². The molecule has 10 nitrogen and oxygen atoms in total.